The van der Waals surface area contributed by atoms with E-state index in [4.69, 9.17) is 14.9 Å². The molecule has 2 aromatic rings. The van der Waals surface area contributed by atoms with Crippen molar-refractivity contribution in [2.75, 3.05) is 6.54 Å². The summed E-state index contributed by atoms with van der Waals surface area (Å²) in [5.74, 6) is 0.734. The molecule has 1 heterocycles. The van der Waals surface area contributed by atoms with Crippen molar-refractivity contribution >= 4 is 12.0 Å². The topological polar surface area (TPSA) is 90.7 Å². The Hall–Kier alpha value is -2.89. The Morgan fingerprint density at radius 3 is 2.70 bits per heavy atom. The van der Waals surface area contributed by atoms with Crippen molar-refractivity contribution in [3.8, 4) is 0 Å². The van der Waals surface area contributed by atoms with Crippen molar-refractivity contribution < 1.29 is 13.9 Å². The first-order valence-corrected chi connectivity index (χ1v) is 7.25. The maximum atomic E-state index is 10.8. The van der Waals surface area contributed by atoms with Gasteiger partial charge in [-0.15, -0.1) is 0 Å². The average molecular weight is 313 g/mol. The van der Waals surface area contributed by atoms with Crippen LogP contribution in [0.2, 0.25) is 0 Å². The monoisotopic (exact) mass is 313 g/mol. The largest absolute Gasteiger partial charge is 0.485 e. The molecule has 23 heavy (non-hydrogen) atoms. The van der Waals surface area contributed by atoms with Gasteiger partial charge in [0.05, 0.1) is 11.9 Å². The van der Waals surface area contributed by atoms with Gasteiger partial charge in [0.1, 0.15) is 6.61 Å². The summed E-state index contributed by atoms with van der Waals surface area (Å²) < 4.78 is 11.2. The van der Waals surface area contributed by atoms with Crippen LogP contribution in [0.25, 0.3) is 0 Å². The third-order valence-corrected chi connectivity index (χ3v) is 2.96. The van der Waals surface area contributed by atoms with E-state index in [1.165, 1.54) is 6.20 Å². The Morgan fingerprint density at radius 2 is 2.13 bits per heavy atom. The number of nitrogens with zero attached hydrogens (tertiary/aromatic N) is 2. The van der Waals surface area contributed by atoms with Gasteiger partial charge >= 0.3 is 0 Å². The normalized spacial score (nSPS) is 12.7. The molecule has 0 unspecified atom stereocenters. The van der Waals surface area contributed by atoms with Gasteiger partial charge < -0.3 is 14.9 Å². The molecule has 1 aromatic heterocycles. The molecule has 2 rings (SSSR count). The highest BCUT2D eigenvalue weighted by Crippen LogP contribution is 2.16. The summed E-state index contributed by atoms with van der Waals surface area (Å²) in [7, 11) is 0. The Balaban J connectivity index is 2.28. The van der Waals surface area contributed by atoms with Crippen LogP contribution >= 0.6 is 0 Å². The van der Waals surface area contributed by atoms with Crippen LogP contribution in [0.5, 0.6) is 0 Å². The number of hydrogen-bond donors (Lipinski definition) is 1. The maximum absolute atomic E-state index is 10.8. The summed E-state index contributed by atoms with van der Waals surface area (Å²) in [6, 6.07) is 9.71. The lowest BCUT2D eigenvalue weighted by atomic mass is 10.2. The summed E-state index contributed by atoms with van der Waals surface area (Å²) in [6.45, 7) is 4.44. The molecule has 0 saturated heterocycles. The number of allylic oxidation sites excluding steroid dienone is 2. The molecule has 0 aliphatic carbocycles. The molecule has 0 bridgehead atoms. The van der Waals surface area contributed by atoms with Gasteiger partial charge in [-0.1, -0.05) is 30.3 Å². The van der Waals surface area contributed by atoms with Gasteiger partial charge in [-0.3, -0.25) is 9.79 Å². The molecule has 0 aliphatic rings. The summed E-state index contributed by atoms with van der Waals surface area (Å²) in [4.78, 5) is 19.2. The van der Waals surface area contributed by atoms with Gasteiger partial charge in [0.15, 0.2) is 23.5 Å². The zero-order valence-electron chi connectivity index (χ0n) is 13.2. The number of benzene rings is 1. The molecule has 0 fully saturated rings. The van der Waals surface area contributed by atoms with E-state index in [0.717, 1.165) is 5.56 Å². The van der Waals surface area contributed by atoms with Gasteiger partial charge in [0.2, 0.25) is 5.89 Å². The van der Waals surface area contributed by atoms with Crippen molar-refractivity contribution in [3.63, 3.8) is 0 Å². The Bertz CT molecular complexity index is 714. The van der Waals surface area contributed by atoms with Crippen molar-refractivity contribution in [2.24, 2.45) is 10.7 Å². The zero-order valence-corrected chi connectivity index (χ0v) is 13.2. The molecule has 1 aromatic carbocycles. The number of aromatic nitrogens is 1. The number of aldehydes is 1. The third-order valence-electron chi connectivity index (χ3n) is 2.96. The van der Waals surface area contributed by atoms with E-state index in [0.29, 0.717) is 36.6 Å². The second-order valence-electron chi connectivity index (χ2n) is 4.79. The van der Waals surface area contributed by atoms with Crippen molar-refractivity contribution in [3.05, 3.63) is 65.2 Å². The number of aliphatic imine (C=N–C) groups is 1. The number of oxazole rings is 1. The van der Waals surface area contributed by atoms with Gasteiger partial charge in [-0.25, -0.2) is 4.98 Å². The van der Waals surface area contributed by atoms with E-state index >= 15 is 0 Å². The highest BCUT2D eigenvalue weighted by Gasteiger charge is 2.19. The molecular weight excluding hydrogens is 294 g/mol. The first kappa shape index (κ1) is 16.5. The number of ether oxygens (including phenoxy) is 1. The standard InChI is InChI=1S/C17H19N3O3/c1-3-19-15(17-20-9-14(10-21)23-17)16(12(2)18)22-11-13-7-5-4-6-8-13/h4-10H,3,11,18H2,1-2H3/b16-12+,19-15?. The predicted octanol–water partition coefficient (Wildman–Crippen LogP) is 2.70. The fourth-order valence-corrected chi connectivity index (χ4v) is 1.94. The fraction of sp³-hybridized carbons (Fsp3) is 0.235. The Labute approximate surface area is 134 Å². The quantitative estimate of drug-likeness (QED) is 0.482. The number of hydrogen-bond acceptors (Lipinski definition) is 6. The molecule has 0 spiro atoms. The maximum Gasteiger partial charge on any atom is 0.249 e. The number of rotatable bonds is 7. The van der Waals surface area contributed by atoms with Crippen LogP contribution in [0.1, 0.15) is 35.9 Å². The second-order valence-corrected chi connectivity index (χ2v) is 4.79. The minimum Gasteiger partial charge on any atom is -0.485 e. The van der Waals surface area contributed by atoms with E-state index < -0.39 is 0 Å². The molecule has 2 N–H and O–H groups in total. The molecule has 6 heteroatoms. The molecule has 120 valence electrons. The SMILES string of the molecule is CCN=C(/C(OCc1ccccc1)=C(/C)N)c1ncc(C=O)o1. The summed E-state index contributed by atoms with van der Waals surface area (Å²) in [5, 5.41) is 0. The number of carbonyl (C=O) groups excluding carboxylic acids is 1. The predicted molar refractivity (Wildman–Crippen MR) is 87.1 cm³/mol. The minimum atomic E-state index is 0.126. The lowest BCUT2D eigenvalue weighted by Gasteiger charge is -2.13. The molecule has 6 nitrogen and oxygen atoms in total. The Kier molecular flexibility index (Phi) is 5.68. The van der Waals surface area contributed by atoms with Crippen molar-refractivity contribution in [1.29, 1.82) is 0 Å². The smallest absolute Gasteiger partial charge is 0.249 e. The van der Waals surface area contributed by atoms with Crippen LogP contribution in [-0.2, 0) is 11.3 Å². The van der Waals surface area contributed by atoms with E-state index in [-0.39, 0.29) is 11.7 Å². The van der Waals surface area contributed by atoms with Crippen molar-refractivity contribution in [1.82, 2.24) is 4.98 Å². The third kappa shape index (κ3) is 4.29. The van der Waals surface area contributed by atoms with Gasteiger partial charge in [0.25, 0.3) is 0 Å². The van der Waals surface area contributed by atoms with Crippen LogP contribution in [0.3, 0.4) is 0 Å². The number of carbonyl (C=O) groups is 1. The van der Waals surface area contributed by atoms with Crippen LogP contribution in [0.15, 0.2) is 57.4 Å². The highest BCUT2D eigenvalue weighted by molar-refractivity contribution is 6.08. The molecule has 0 amide bonds. The molecular formula is C17H19N3O3. The first-order chi connectivity index (χ1) is 11.2. The molecule has 0 saturated carbocycles. The summed E-state index contributed by atoms with van der Waals surface area (Å²) in [6.07, 6.45) is 1.93. The summed E-state index contributed by atoms with van der Waals surface area (Å²) in [5.41, 5.74) is 7.80. The van der Waals surface area contributed by atoms with E-state index in [9.17, 15) is 4.79 Å². The minimum absolute atomic E-state index is 0.126. The second kappa shape index (κ2) is 7.93. The van der Waals surface area contributed by atoms with Crippen LogP contribution < -0.4 is 5.73 Å². The Morgan fingerprint density at radius 1 is 1.39 bits per heavy atom. The lowest BCUT2D eigenvalue weighted by molar-refractivity contribution is 0.110. The average Bonchev–Trinajstić information content (AvgIpc) is 3.03. The van der Waals surface area contributed by atoms with Crippen LogP contribution in [0.4, 0.5) is 0 Å². The fourth-order valence-electron chi connectivity index (χ4n) is 1.94. The zero-order chi connectivity index (χ0) is 16.7. The van der Waals surface area contributed by atoms with E-state index in [1.54, 1.807) is 6.92 Å². The highest BCUT2D eigenvalue weighted by atomic mass is 16.5. The van der Waals surface area contributed by atoms with Crippen LogP contribution in [-0.4, -0.2) is 23.5 Å². The molecule has 0 radical (unpaired) electrons. The number of nitrogens with two attached hydrogens (primary N) is 1. The lowest BCUT2D eigenvalue weighted by Crippen LogP contribution is -2.15. The van der Waals surface area contributed by atoms with Crippen LogP contribution in [0, 0.1) is 0 Å². The van der Waals surface area contributed by atoms with E-state index in [2.05, 4.69) is 9.98 Å². The van der Waals surface area contributed by atoms with E-state index in [1.807, 2.05) is 37.3 Å². The van der Waals surface area contributed by atoms with Gasteiger partial charge in [-0.2, -0.15) is 0 Å². The first-order valence-electron chi connectivity index (χ1n) is 7.25. The summed E-state index contributed by atoms with van der Waals surface area (Å²) >= 11 is 0. The van der Waals surface area contributed by atoms with Gasteiger partial charge in [-0.05, 0) is 19.4 Å². The molecule has 0 atom stereocenters. The molecule has 0 aliphatic heterocycles. The van der Waals surface area contributed by atoms with Crippen molar-refractivity contribution in [2.45, 2.75) is 20.5 Å². The van der Waals surface area contributed by atoms with Gasteiger partial charge in [0, 0.05) is 6.54 Å².